The second-order valence-corrected chi connectivity index (χ2v) is 6.84. The van der Waals surface area contributed by atoms with Gasteiger partial charge in [0, 0.05) is 16.1 Å². The summed E-state index contributed by atoms with van der Waals surface area (Å²) < 4.78 is 52.5. The van der Waals surface area contributed by atoms with E-state index >= 15 is 0 Å². The van der Waals surface area contributed by atoms with Gasteiger partial charge < -0.3 is 0 Å². The maximum absolute atomic E-state index is 13.5. The van der Waals surface area contributed by atoms with Crippen LogP contribution in [0.3, 0.4) is 0 Å². The number of halogens is 3. The molecule has 1 saturated carbocycles. The van der Waals surface area contributed by atoms with Gasteiger partial charge in [0.15, 0.2) is 0 Å². The zero-order chi connectivity index (χ0) is 12.8. The molecule has 94 valence electrons. The van der Waals surface area contributed by atoms with Crippen LogP contribution in [0.15, 0.2) is 21.5 Å². The highest BCUT2D eigenvalue weighted by molar-refractivity contribution is 9.10. The topological polar surface area (TPSA) is 46.2 Å². The molecule has 1 aromatic rings. The Kier molecular flexibility index (Phi) is 3.04. The van der Waals surface area contributed by atoms with Crippen molar-refractivity contribution in [3.05, 3.63) is 28.2 Å². The van der Waals surface area contributed by atoms with E-state index in [9.17, 15) is 17.2 Å². The summed E-state index contributed by atoms with van der Waals surface area (Å²) in [4.78, 5) is -0.549. The third kappa shape index (κ3) is 2.66. The standard InChI is InChI=1S/C10H10BrF2NO2S/c1-10(2-3-10)14-17(15,16)9-7(11)4-6(12)5-8(9)13/h4-5,14H,2-3H2,1H3. The quantitative estimate of drug-likeness (QED) is 0.928. The van der Waals surface area contributed by atoms with Crippen LogP contribution >= 0.6 is 15.9 Å². The van der Waals surface area contributed by atoms with E-state index < -0.39 is 32.1 Å². The van der Waals surface area contributed by atoms with E-state index in [0.717, 1.165) is 6.07 Å². The van der Waals surface area contributed by atoms with Gasteiger partial charge in [-0.05, 0) is 41.8 Å². The lowest BCUT2D eigenvalue weighted by Gasteiger charge is -2.13. The summed E-state index contributed by atoms with van der Waals surface area (Å²) in [5, 5.41) is 0. The van der Waals surface area contributed by atoms with E-state index in [1.807, 2.05) is 0 Å². The lowest BCUT2D eigenvalue weighted by molar-refractivity contribution is 0.530. The fourth-order valence-electron chi connectivity index (χ4n) is 1.45. The number of nitrogens with one attached hydrogen (secondary N) is 1. The summed E-state index contributed by atoms with van der Waals surface area (Å²) in [6.45, 7) is 1.74. The molecule has 0 aromatic heterocycles. The Labute approximate surface area is 106 Å². The summed E-state index contributed by atoms with van der Waals surface area (Å²) in [6, 6.07) is 1.47. The molecule has 0 bridgehead atoms. The van der Waals surface area contributed by atoms with Gasteiger partial charge in [-0.1, -0.05) is 0 Å². The third-order valence-corrected chi connectivity index (χ3v) is 5.21. The fraction of sp³-hybridized carbons (Fsp3) is 0.400. The van der Waals surface area contributed by atoms with Crippen LogP contribution in [0.2, 0.25) is 0 Å². The van der Waals surface area contributed by atoms with Crippen molar-refractivity contribution in [1.29, 1.82) is 0 Å². The van der Waals surface area contributed by atoms with Crippen LogP contribution in [0.1, 0.15) is 19.8 Å². The lowest BCUT2D eigenvalue weighted by atomic mass is 10.3. The van der Waals surface area contributed by atoms with Crippen LogP contribution in [-0.4, -0.2) is 14.0 Å². The lowest BCUT2D eigenvalue weighted by Crippen LogP contribution is -2.35. The smallest absolute Gasteiger partial charge is 0.207 e. The largest absolute Gasteiger partial charge is 0.245 e. The summed E-state index contributed by atoms with van der Waals surface area (Å²) in [7, 11) is -3.97. The molecular weight excluding hydrogens is 316 g/mol. The highest BCUT2D eigenvalue weighted by Gasteiger charge is 2.42. The van der Waals surface area contributed by atoms with Gasteiger partial charge in [0.05, 0.1) is 0 Å². The first-order valence-electron chi connectivity index (χ1n) is 4.92. The van der Waals surface area contributed by atoms with Gasteiger partial charge in [0.2, 0.25) is 10.0 Å². The Balaban J connectivity index is 2.46. The Bertz CT molecular complexity index is 547. The molecule has 17 heavy (non-hydrogen) atoms. The van der Waals surface area contributed by atoms with Crippen LogP contribution in [-0.2, 0) is 10.0 Å². The molecule has 0 heterocycles. The molecule has 2 rings (SSSR count). The molecule has 7 heteroatoms. The highest BCUT2D eigenvalue weighted by Crippen LogP contribution is 2.37. The van der Waals surface area contributed by atoms with E-state index in [1.165, 1.54) is 0 Å². The average molecular weight is 326 g/mol. The van der Waals surface area contributed by atoms with Crippen molar-refractivity contribution in [2.45, 2.75) is 30.2 Å². The molecule has 0 spiro atoms. The number of rotatable bonds is 3. The molecule has 0 atom stereocenters. The van der Waals surface area contributed by atoms with E-state index in [0.29, 0.717) is 18.9 Å². The van der Waals surface area contributed by atoms with Gasteiger partial charge in [-0.3, -0.25) is 0 Å². The molecule has 0 aliphatic heterocycles. The molecule has 0 amide bonds. The molecule has 3 nitrogen and oxygen atoms in total. The molecule has 1 fully saturated rings. The maximum Gasteiger partial charge on any atom is 0.245 e. The summed E-state index contributed by atoms with van der Waals surface area (Å²) in [5.74, 6) is -1.93. The SMILES string of the molecule is CC1(NS(=O)(=O)c2c(F)cc(F)cc2Br)CC1. The van der Waals surface area contributed by atoms with E-state index in [1.54, 1.807) is 6.92 Å². The van der Waals surface area contributed by atoms with Crippen LogP contribution in [0.5, 0.6) is 0 Å². The van der Waals surface area contributed by atoms with Crippen LogP contribution in [0, 0.1) is 11.6 Å². The fourth-order valence-corrected chi connectivity index (χ4v) is 4.08. The minimum Gasteiger partial charge on any atom is -0.207 e. The summed E-state index contributed by atoms with van der Waals surface area (Å²) in [5.41, 5.74) is -0.501. The summed E-state index contributed by atoms with van der Waals surface area (Å²) >= 11 is 2.86. The predicted octanol–water partition coefficient (Wildman–Crippen LogP) is 2.56. The van der Waals surface area contributed by atoms with Crippen molar-refractivity contribution >= 4 is 26.0 Å². The number of benzene rings is 1. The van der Waals surface area contributed by atoms with Crippen molar-refractivity contribution in [1.82, 2.24) is 4.72 Å². The Morgan fingerprint density at radius 3 is 2.41 bits per heavy atom. The van der Waals surface area contributed by atoms with Gasteiger partial charge >= 0.3 is 0 Å². The zero-order valence-corrected chi connectivity index (χ0v) is 11.3. The van der Waals surface area contributed by atoms with Gasteiger partial charge in [-0.2, -0.15) is 0 Å². The first kappa shape index (κ1) is 12.9. The van der Waals surface area contributed by atoms with Gasteiger partial charge in [0.25, 0.3) is 0 Å². The number of sulfonamides is 1. The second-order valence-electron chi connectivity index (χ2n) is 4.36. The van der Waals surface area contributed by atoms with Crippen LogP contribution < -0.4 is 4.72 Å². The first-order valence-corrected chi connectivity index (χ1v) is 7.20. The molecule has 1 aliphatic rings. The Morgan fingerprint density at radius 2 is 1.94 bits per heavy atom. The number of hydrogen-bond acceptors (Lipinski definition) is 2. The van der Waals surface area contributed by atoms with Gasteiger partial charge in [0.1, 0.15) is 16.5 Å². The molecule has 0 radical (unpaired) electrons. The van der Waals surface area contributed by atoms with Gasteiger partial charge in [-0.25, -0.2) is 21.9 Å². The normalized spacial score (nSPS) is 18.1. The van der Waals surface area contributed by atoms with Crippen molar-refractivity contribution < 1.29 is 17.2 Å². The molecule has 0 saturated heterocycles. The van der Waals surface area contributed by atoms with Crippen molar-refractivity contribution in [2.75, 3.05) is 0 Å². The minimum absolute atomic E-state index is 0.119. The Hall–Kier alpha value is -0.530. The van der Waals surface area contributed by atoms with Crippen LogP contribution in [0.25, 0.3) is 0 Å². The molecule has 1 N–H and O–H groups in total. The Morgan fingerprint density at radius 1 is 1.35 bits per heavy atom. The molecule has 0 unspecified atom stereocenters. The monoisotopic (exact) mass is 325 g/mol. The van der Waals surface area contributed by atoms with E-state index in [4.69, 9.17) is 0 Å². The van der Waals surface area contributed by atoms with E-state index in [2.05, 4.69) is 20.7 Å². The third-order valence-electron chi connectivity index (χ3n) is 2.61. The maximum atomic E-state index is 13.5. The number of hydrogen-bond donors (Lipinski definition) is 1. The van der Waals surface area contributed by atoms with Crippen LogP contribution in [0.4, 0.5) is 8.78 Å². The van der Waals surface area contributed by atoms with E-state index in [-0.39, 0.29) is 4.47 Å². The van der Waals surface area contributed by atoms with Crippen molar-refractivity contribution in [2.24, 2.45) is 0 Å². The zero-order valence-electron chi connectivity index (χ0n) is 8.93. The summed E-state index contributed by atoms with van der Waals surface area (Å²) in [6.07, 6.45) is 1.43. The highest BCUT2D eigenvalue weighted by atomic mass is 79.9. The molecule has 1 aromatic carbocycles. The average Bonchev–Trinajstić information content (AvgIpc) is 2.78. The second kappa shape index (κ2) is 4.00. The van der Waals surface area contributed by atoms with Crippen molar-refractivity contribution in [3.63, 3.8) is 0 Å². The van der Waals surface area contributed by atoms with Crippen molar-refractivity contribution in [3.8, 4) is 0 Å². The molecular formula is C10H10BrF2NO2S. The minimum atomic E-state index is -3.97. The predicted molar refractivity (Wildman–Crippen MR) is 62.0 cm³/mol. The first-order chi connectivity index (χ1) is 7.73. The van der Waals surface area contributed by atoms with Gasteiger partial charge in [-0.15, -0.1) is 0 Å². The molecule has 1 aliphatic carbocycles.